The summed E-state index contributed by atoms with van der Waals surface area (Å²) in [6.07, 6.45) is 7.74. The molecule has 1 saturated heterocycles. The number of ether oxygens (including phenoxy) is 2. The van der Waals surface area contributed by atoms with Crippen molar-refractivity contribution < 1.29 is 9.47 Å². The molecule has 1 saturated carbocycles. The molecule has 23 heavy (non-hydrogen) atoms. The fraction of sp³-hybridized carbons (Fsp3) is 0.444. The van der Waals surface area contributed by atoms with Crippen molar-refractivity contribution in [1.29, 1.82) is 0 Å². The Labute approximate surface area is 136 Å². The first-order chi connectivity index (χ1) is 11.4. The van der Waals surface area contributed by atoms with Crippen molar-refractivity contribution in [1.82, 2.24) is 14.9 Å². The van der Waals surface area contributed by atoms with Crippen LogP contribution in [0.15, 0.2) is 48.9 Å². The lowest BCUT2D eigenvalue weighted by Gasteiger charge is -2.38. The van der Waals surface area contributed by atoms with E-state index in [9.17, 15) is 0 Å². The molecule has 0 unspecified atom stereocenters. The van der Waals surface area contributed by atoms with E-state index >= 15 is 0 Å². The second-order valence-corrected chi connectivity index (χ2v) is 6.12. The Kier molecular flexibility index (Phi) is 4.22. The van der Waals surface area contributed by atoms with Crippen LogP contribution in [0.1, 0.15) is 18.5 Å². The van der Waals surface area contributed by atoms with E-state index in [1.54, 1.807) is 12.4 Å². The van der Waals surface area contributed by atoms with Crippen LogP contribution >= 0.6 is 0 Å². The van der Waals surface area contributed by atoms with Gasteiger partial charge in [0.2, 0.25) is 0 Å². The maximum absolute atomic E-state index is 6.11. The summed E-state index contributed by atoms with van der Waals surface area (Å²) in [5.74, 6) is 0.823. The average molecular weight is 311 g/mol. The van der Waals surface area contributed by atoms with Crippen molar-refractivity contribution >= 4 is 0 Å². The van der Waals surface area contributed by atoms with Crippen molar-refractivity contribution in [2.24, 2.45) is 0 Å². The maximum Gasteiger partial charge on any atom is 0.138 e. The molecule has 5 nitrogen and oxygen atoms in total. The van der Waals surface area contributed by atoms with Gasteiger partial charge < -0.3 is 9.47 Å². The molecule has 1 aliphatic carbocycles. The first-order valence-corrected chi connectivity index (χ1v) is 8.22. The second kappa shape index (κ2) is 6.64. The van der Waals surface area contributed by atoms with E-state index in [0.717, 1.165) is 44.0 Å². The normalized spacial score (nSPS) is 27.6. The van der Waals surface area contributed by atoms with Gasteiger partial charge in [-0.2, -0.15) is 0 Å². The summed E-state index contributed by atoms with van der Waals surface area (Å²) in [4.78, 5) is 11.1. The molecule has 0 spiro atoms. The van der Waals surface area contributed by atoms with Crippen molar-refractivity contribution in [2.75, 3.05) is 13.2 Å². The molecule has 0 radical (unpaired) electrons. The van der Waals surface area contributed by atoms with E-state index in [1.165, 1.54) is 0 Å². The van der Waals surface area contributed by atoms with Crippen molar-refractivity contribution in [3.8, 4) is 5.75 Å². The quantitative estimate of drug-likeness (QED) is 0.867. The van der Waals surface area contributed by atoms with Gasteiger partial charge in [-0.3, -0.25) is 14.9 Å². The Balaban J connectivity index is 1.44. The van der Waals surface area contributed by atoms with E-state index < -0.39 is 0 Å². The summed E-state index contributed by atoms with van der Waals surface area (Å²) in [7, 11) is 0. The highest BCUT2D eigenvalue weighted by Crippen LogP contribution is 2.33. The second-order valence-electron chi connectivity index (χ2n) is 6.12. The van der Waals surface area contributed by atoms with Crippen molar-refractivity contribution in [2.45, 2.75) is 37.6 Å². The summed E-state index contributed by atoms with van der Waals surface area (Å²) >= 11 is 0. The zero-order valence-corrected chi connectivity index (χ0v) is 13.0. The van der Waals surface area contributed by atoms with Crippen molar-refractivity contribution in [3.63, 3.8) is 0 Å². The summed E-state index contributed by atoms with van der Waals surface area (Å²) in [6, 6.07) is 10.4. The smallest absolute Gasteiger partial charge is 0.138 e. The topological polar surface area (TPSA) is 47.5 Å². The van der Waals surface area contributed by atoms with Crippen LogP contribution in [0.3, 0.4) is 0 Å². The highest BCUT2D eigenvalue weighted by Gasteiger charge is 2.44. The largest absolute Gasteiger partial charge is 0.486 e. The predicted molar refractivity (Wildman–Crippen MR) is 86.1 cm³/mol. The molecular weight excluding hydrogens is 290 g/mol. The predicted octanol–water partition coefficient (Wildman–Crippen LogP) is 2.29. The van der Waals surface area contributed by atoms with Crippen LogP contribution in [0, 0.1) is 0 Å². The van der Waals surface area contributed by atoms with Gasteiger partial charge in [0.1, 0.15) is 18.0 Å². The molecule has 2 aromatic rings. The lowest BCUT2D eigenvalue weighted by molar-refractivity contribution is -0.0919. The third-order valence-corrected chi connectivity index (χ3v) is 4.66. The van der Waals surface area contributed by atoms with E-state index in [-0.39, 0.29) is 12.2 Å². The minimum absolute atomic E-state index is 0.107. The van der Waals surface area contributed by atoms with Crippen LogP contribution in [0.25, 0.3) is 0 Å². The summed E-state index contributed by atoms with van der Waals surface area (Å²) < 4.78 is 12.2. The zero-order valence-electron chi connectivity index (χ0n) is 13.0. The Hall–Kier alpha value is -1.98. The van der Waals surface area contributed by atoms with Crippen molar-refractivity contribution in [3.05, 3.63) is 54.6 Å². The van der Waals surface area contributed by atoms with Gasteiger partial charge in [-0.25, -0.2) is 0 Å². The Morgan fingerprint density at radius 3 is 3.00 bits per heavy atom. The standard InChI is InChI=1S/C18H21N3O2/c1-2-9-20-14(4-1)13-21-10-11-22-18-16(21)6-7-17(18)23-15-5-3-8-19-12-15/h1-5,8-9,12,16-18H,6-7,10-11,13H2/t16-,17+,18+/m0/s1. The Bertz CT molecular complexity index is 623. The molecule has 1 aliphatic heterocycles. The van der Waals surface area contributed by atoms with Crippen LogP contribution in [0.2, 0.25) is 0 Å². The number of pyridine rings is 2. The van der Waals surface area contributed by atoms with Crippen LogP contribution < -0.4 is 4.74 Å². The first-order valence-electron chi connectivity index (χ1n) is 8.22. The molecular formula is C18H21N3O2. The van der Waals surface area contributed by atoms with E-state index in [0.29, 0.717) is 6.04 Å². The molecule has 2 aliphatic rings. The summed E-state index contributed by atoms with van der Waals surface area (Å²) in [5, 5.41) is 0. The highest BCUT2D eigenvalue weighted by molar-refractivity contribution is 5.17. The minimum atomic E-state index is 0.107. The number of nitrogens with zero attached hydrogens (tertiary/aromatic N) is 3. The van der Waals surface area contributed by atoms with Gasteiger partial charge in [-0.1, -0.05) is 6.07 Å². The zero-order chi connectivity index (χ0) is 15.5. The van der Waals surface area contributed by atoms with Gasteiger partial charge in [0.25, 0.3) is 0 Å². The third kappa shape index (κ3) is 3.21. The SMILES string of the molecule is c1ccc(CN2CCO[C@H]3[C@H](Oc4cccnc4)CC[C@@H]32)nc1. The van der Waals surface area contributed by atoms with Crippen LogP contribution in [-0.4, -0.2) is 46.3 Å². The molecule has 2 fully saturated rings. The van der Waals surface area contributed by atoms with Gasteiger partial charge in [0, 0.05) is 31.5 Å². The molecule has 0 aromatic carbocycles. The molecule has 0 bridgehead atoms. The number of hydrogen-bond donors (Lipinski definition) is 0. The maximum atomic E-state index is 6.11. The highest BCUT2D eigenvalue weighted by atomic mass is 16.5. The summed E-state index contributed by atoms with van der Waals surface area (Å²) in [6.45, 7) is 2.59. The van der Waals surface area contributed by atoms with E-state index in [2.05, 4.69) is 20.9 Å². The number of hydrogen-bond acceptors (Lipinski definition) is 5. The lowest BCUT2D eigenvalue weighted by Crippen LogP contribution is -2.51. The molecule has 0 N–H and O–H groups in total. The number of aromatic nitrogens is 2. The Morgan fingerprint density at radius 2 is 2.17 bits per heavy atom. The lowest BCUT2D eigenvalue weighted by atomic mass is 10.1. The average Bonchev–Trinajstić information content (AvgIpc) is 3.01. The molecule has 3 atom stereocenters. The van der Waals surface area contributed by atoms with E-state index in [1.807, 2.05) is 30.5 Å². The fourth-order valence-corrected chi connectivity index (χ4v) is 3.61. The van der Waals surface area contributed by atoms with Gasteiger partial charge in [-0.05, 0) is 37.1 Å². The van der Waals surface area contributed by atoms with Gasteiger partial charge >= 0.3 is 0 Å². The number of fused-ring (bicyclic) bond motifs is 1. The molecule has 120 valence electrons. The van der Waals surface area contributed by atoms with Gasteiger partial charge in [0.05, 0.1) is 18.5 Å². The molecule has 5 heteroatoms. The molecule has 4 rings (SSSR count). The van der Waals surface area contributed by atoms with Crippen LogP contribution in [0.5, 0.6) is 5.75 Å². The molecule has 2 aromatic heterocycles. The molecule has 0 amide bonds. The fourth-order valence-electron chi connectivity index (χ4n) is 3.61. The Morgan fingerprint density at radius 1 is 1.17 bits per heavy atom. The third-order valence-electron chi connectivity index (χ3n) is 4.66. The number of rotatable bonds is 4. The van der Waals surface area contributed by atoms with Crippen LogP contribution in [0.4, 0.5) is 0 Å². The van der Waals surface area contributed by atoms with Gasteiger partial charge in [0.15, 0.2) is 0 Å². The monoisotopic (exact) mass is 311 g/mol. The van der Waals surface area contributed by atoms with Gasteiger partial charge in [-0.15, -0.1) is 0 Å². The summed E-state index contributed by atoms with van der Waals surface area (Å²) in [5.41, 5.74) is 1.12. The minimum Gasteiger partial charge on any atom is -0.486 e. The number of morpholine rings is 1. The molecule has 3 heterocycles. The van der Waals surface area contributed by atoms with Crippen LogP contribution in [-0.2, 0) is 11.3 Å². The van der Waals surface area contributed by atoms with E-state index in [4.69, 9.17) is 9.47 Å². The first kappa shape index (κ1) is 14.6.